The number of amidine groups is 1. The van der Waals surface area contributed by atoms with Gasteiger partial charge in [-0.05, 0) is 30.4 Å². The predicted octanol–water partition coefficient (Wildman–Crippen LogP) is 2.50. The molecule has 2 aliphatic rings. The van der Waals surface area contributed by atoms with Crippen molar-refractivity contribution in [3.63, 3.8) is 0 Å². The lowest BCUT2D eigenvalue weighted by molar-refractivity contribution is 0.0676. The minimum atomic E-state index is 0.753. The molecule has 3 heterocycles. The fourth-order valence-electron chi connectivity index (χ4n) is 2.55. The Morgan fingerprint density at radius 1 is 1.29 bits per heavy atom. The highest BCUT2D eigenvalue weighted by atomic mass is 32.1. The van der Waals surface area contributed by atoms with E-state index < -0.39 is 0 Å². The van der Waals surface area contributed by atoms with Gasteiger partial charge in [-0.25, -0.2) is 4.99 Å². The van der Waals surface area contributed by atoms with E-state index in [4.69, 9.17) is 14.7 Å². The number of rotatable bonds is 1. The predicted molar refractivity (Wildman–Crippen MR) is 87.8 cm³/mol. The standard InChI is InChI=1S/C15H22N4OS/c1-12-10-14(21-11-12)17-15(19-6-8-20-9-7-19)16-13-4-3-5-18(13)2/h10-11H,3-9H2,1-2H3. The molecule has 0 radical (unpaired) electrons. The molecule has 2 fully saturated rings. The zero-order valence-corrected chi connectivity index (χ0v) is 13.5. The summed E-state index contributed by atoms with van der Waals surface area (Å²) in [7, 11) is 2.11. The number of hydrogen-bond donors (Lipinski definition) is 0. The highest BCUT2D eigenvalue weighted by Gasteiger charge is 2.19. The monoisotopic (exact) mass is 306 g/mol. The van der Waals surface area contributed by atoms with Crippen molar-refractivity contribution >= 4 is 28.1 Å². The number of aryl methyl sites for hydroxylation is 1. The number of ether oxygens (including phenoxy) is 1. The molecule has 0 unspecified atom stereocenters. The molecule has 1 aromatic rings. The Balaban J connectivity index is 1.88. The average Bonchev–Trinajstić information content (AvgIpc) is 3.08. The second-order valence-corrected chi connectivity index (χ2v) is 6.42. The molecular weight excluding hydrogens is 284 g/mol. The molecule has 21 heavy (non-hydrogen) atoms. The molecule has 3 rings (SSSR count). The maximum atomic E-state index is 5.44. The molecular formula is C15H22N4OS. The molecule has 0 N–H and O–H groups in total. The van der Waals surface area contributed by atoms with Crippen LogP contribution in [-0.4, -0.2) is 61.5 Å². The first-order valence-electron chi connectivity index (χ1n) is 7.47. The number of nitrogens with zero attached hydrogens (tertiary/aromatic N) is 4. The van der Waals surface area contributed by atoms with E-state index in [9.17, 15) is 0 Å². The molecule has 6 heteroatoms. The number of hydrogen-bond acceptors (Lipinski definition) is 3. The minimum absolute atomic E-state index is 0.753. The van der Waals surface area contributed by atoms with Crippen LogP contribution in [0.5, 0.6) is 0 Å². The molecule has 0 atom stereocenters. The fourth-order valence-corrected chi connectivity index (χ4v) is 3.32. The van der Waals surface area contributed by atoms with Crippen LogP contribution in [0.4, 0.5) is 5.00 Å². The third-order valence-electron chi connectivity index (χ3n) is 3.78. The van der Waals surface area contributed by atoms with Gasteiger partial charge in [-0.3, -0.25) is 0 Å². The van der Waals surface area contributed by atoms with E-state index in [0.717, 1.165) is 56.1 Å². The summed E-state index contributed by atoms with van der Waals surface area (Å²) in [5, 5.41) is 3.16. The highest BCUT2D eigenvalue weighted by Crippen LogP contribution is 2.24. The summed E-state index contributed by atoms with van der Waals surface area (Å²) in [6.07, 6.45) is 2.23. The third-order valence-corrected chi connectivity index (χ3v) is 4.72. The van der Waals surface area contributed by atoms with Gasteiger partial charge in [0, 0.05) is 33.1 Å². The summed E-state index contributed by atoms with van der Waals surface area (Å²) in [4.78, 5) is 14.1. The lowest BCUT2D eigenvalue weighted by Crippen LogP contribution is -2.40. The number of likely N-dealkylation sites (tertiary alicyclic amines) is 1. The summed E-state index contributed by atoms with van der Waals surface area (Å²) in [6.45, 7) is 6.42. The first-order valence-corrected chi connectivity index (χ1v) is 8.35. The van der Waals surface area contributed by atoms with E-state index in [1.54, 1.807) is 11.3 Å². The maximum Gasteiger partial charge on any atom is 0.228 e. The second kappa shape index (κ2) is 6.58. The third kappa shape index (κ3) is 3.63. The van der Waals surface area contributed by atoms with Gasteiger partial charge in [0.25, 0.3) is 0 Å². The van der Waals surface area contributed by atoms with Crippen LogP contribution < -0.4 is 0 Å². The van der Waals surface area contributed by atoms with Crippen LogP contribution in [0.25, 0.3) is 0 Å². The van der Waals surface area contributed by atoms with Crippen molar-refractivity contribution in [1.82, 2.24) is 9.80 Å². The second-order valence-electron chi connectivity index (χ2n) is 5.53. The molecule has 0 amide bonds. The van der Waals surface area contributed by atoms with Gasteiger partial charge in [0.1, 0.15) is 10.8 Å². The van der Waals surface area contributed by atoms with Crippen molar-refractivity contribution < 1.29 is 4.74 Å². The van der Waals surface area contributed by atoms with Crippen LogP contribution in [0, 0.1) is 6.92 Å². The molecule has 2 saturated heterocycles. The van der Waals surface area contributed by atoms with E-state index in [-0.39, 0.29) is 0 Å². The molecule has 0 aromatic carbocycles. The van der Waals surface area contributed by atoms with Crippen LogP contribution in [0.1, 0.15) is 18.4 Å². The van der Waals surface area contributed by atoms with Gasteiger partial charge in [-0.2, -0.15) is 4.99 Å². The fraction of sp³-hybridized carbons (Fsp3) is 0.600. The first kappa shape index (κ1) is 14.5. The number of morpholine rings is 1. The van der Waals surface area contributed by atoms with Gasteiger partial charge in [-0.15, -0.1) is 11.3 Å². The van der Waals surface area contributed by atoms with Crippen molar-refractivity contribution in [2.45, 2.75) is 19.8 Å². The van der Waals surface area contributed by atoms with E-state index in [2.05, 4.69) is 35.2 Å². The van der Waals surface area contributed by atoms with Gasteiger partial charge < -0.3 is 14.5 Å². The Bertz CT molecular complexity index is 546. The SMILES string of the molecule is Cc1csc(N=C(N=C2CCCN2C)N2CCOCC2)c1. The first-order chi connectivity index (χ1) is 10.2. The van der Waals surface area contributed by atoms with E-state index >= 15 is 0 Å². The summed E-state index contributed by atoms with van der Waals surface area (Å²) >= 11 is 1.67. The van der Waals surface area contributed by atoms with Crippen LogP contribution in [0.3, 0.4) is 0 Å². The molecule has 0 spiro atoms. The van der Waals surface area contributed by atoms with E-state index in [1.807, 2.05) is 0 Å². The lowest BCUT2D eigenvalue weighted by Gasteiger charge is -2.28. The lowest BCUT2D eigenvalue weighted by atomic mass is 10.4. The molecule has 0 bridgehead atoms. The van der Waals surface area contributed by atoms with Crippen LogP contribution in [-0.2, 0) is 4.74 Å². The van der Waals surface area contributed by atoms with Crippen molar-refractivity contribution in [3.05, 3.63) is 17.0 Å². The Hall–Kier alpha value is -1.40. The van der Waals surface area contributed by atoms with Gasteiger partial charge in [-0.1, -0.05) is 0 Å². The van der Waals surface area contributed by atoms with Crippen molar-refractivity contribution in [3.8, 4) is 0 Å². The Kier molecular flexibility index (Phi) is 4.55. The number of thiophene rings is 1. The summed E-state index contributed by atoms with van der Waals surface area (Å²) in [5.41, 5.74) is 1.26. The minimum Gasteiger partial charge on any atom is -0.378 e. The molecule has 2 aliphatic heterocycles. The van der Waals surface area contributed by atoms with Gasteiger partial charge in [0.05, 0.1) is 13.2 Å². The molecule has 1 aromatic heterocycles. The summed E-state index contributed by atoms with van der Waals surface area (Å²) < 4.78 is 5.44. The molecule has 0 saturated carbocycles. The summed E-state index contributed by atoms with van der Waals surface area (Å²) in [6, 6.07) is 2.11. The molecule has 114 valence electrons. The van der Waals surface area contributed by atoms with Gasteiger partial charge in [0.2, 0.25) is 5.96 Å². The van der Waals surface area contributed by atoms with Crippen molar-refractivity contribution in [2.24, 2.45) is 9.98 Å². The zero-order chi connectivity index (χ0) is 14.7. The topological polar surface area (TPSA) is 40.4 Å². The summed E-state index contributed by atoms with van der Waals surface area (Å²) in [5.74, 6) is 1.98. The number of aliphatic imine (C=N–C) groups is 2. The van der Waals surface area contributed by atoms with Crippen LogP contribution >= 0.6 is 11.3 Å². The van der Waals surface area contributed by atoms with Crippen LogP contribution in [0.2, 0.25) is 0 Å². The van der Waals surface area contributed by atoms with Gasteiger partial charge in [0.15, 0.2) is 0 Å². The van der Waals surface area contributed by atoms with Crippen LogP contribution in [0.15, 0.2) is 21.4 Å². The average molecular weight is 306 g/mol. The number of guanidine groups is 1. The smallest absolute Gasteiger partial charge is 0.228 e. The largest absolute Gasteiger partial charge is 0.378 e. The van der Waals surface area contributed by atoms with Crippen molar-refractivity contribution in [1.29, 1.82) is 0 Å². The normalized spacial score (nSPS) is 22.4. The maximum absolute atomic E-state index is 5.44. The Morgan fingerprint density at radius 2 is 2.10 bits per heavy atom. The van der Waals surface area contributed by atoms with E-state index in [1.165, 1.54) is 12.0 Å². The quantitative estimate of drug-likeness (QED) is 0.591. The van der Waals surface area contributed by atoms with E-state index in [0.29, 0.717) is 0 Å². The molecule has 5 nitrogen and oxygen atoms in total. The Morgan fingerprint density at radius 3 is 2.71 bits per heavy atom. The Labute approximate surface area is 129 Å². The molecule has 0 aliphatic carbocycles. The highest BCUT2D eigenvalue weighted by molar-refractivity contribution is 7.14. The van der Waals surface area contributed by atoms with Crippen molar-refractivity contribution in [2.75, 3.05) is 39.9 Å². The van der Waals surface area contributed by atoms with Gasteiger partial charge >= 0.3 is 0 Å². The zero-order valence-electron chi connectivity index (χ0n) is 12.7.